The summed E-state index contributed by atoms with van der Waals surface area (Å²) in [5.41, 5.74) is 7.91. The Labute approximate surface area is 190 Å². The number of carbonyl (C=O) groups is 1. The molecule has 0 unspecified atom stereocenters. The molecule has 4 aromatic rings. The number of fused-ring (bicyclic) bond motifs is 5. The molecule has 6 rings (SSSR count). The van der Waals surface area contributed by atoms with Crippen molar-refractivity contribution in [3.8, 4) is 23.3 Å². The molecule has 0 spiro atoms. The van der Waals surface area contributed by atoms with Gasteiger partial charge in [0.25, 0.3) is 0 Å². The highest BCUT2D eigenvalue weighted by Gasteiger charge is 2.35. The summed E-state index contributed by atoms with van der Waals surface area (Å²) < 4.78 is 0. The molecule has 4 nitrogen and oxygen atoms in total. The van der Waals surface area contributed by atoms with Crippen LogP contribution < -0.4 is 4.90 Å². The number of rotatable bonds is 1. The molecule has 1 aliphatic heterocycles. The van der Waals surface area contributed by atoms with Crippen molar-refractivity contribution >= 4 is 28.4 Å². The topological polar surface area (TPSA) is 67.9 Å². The Morgan fingerprint density at radius 2 is 1.06 bits per heavy atom. The fraction of sp³-hybridized carbons (Fsp3) is 0. The van der Waals surface area contributed by atoms with E-state index in [1.165, 1.54) is 0 Å². The molecule has 152 valence electrons. The molecule has 0 radical (unpaired) electrons. The van der Waals surface area contributed by atoms with Crippen LogP contribution in [0.5, 0.6) is 0 Å². The minimum Gasteiger partial charge on any atom is -0.308 e. The Kier molecular flexibility index (Phi) is 4.02. The van der Waals surface area contributed by atoms with Gasteiger partial charge in [-0.05, 0) is 29.3 Å². The number of nitriles is 2. The van der Waals surface area contributed by atoms with Gasteiger partial charge >= 0.3 is 0 Å². The predicted molar refractivity (Wildman–Crippen MR) is 127 cm³/mol. The number of ketones is 1. The van der Waals surface area contributed by atoms with Crippen LogP contribution in [0.25, 0.3) is 16.7 Å². The average Bonchev–Trinajstić information content (AvgIpc) is 3.17. The fourth-order valence-electron chi connectivity index (χ4n) is 4.94. The number of hydrogen-bond acceptors (Lipinski definition) is 4. The monoisotopic (exact) mass is 421 g/mol. The first-order valence-electron chi connectivity index (χ1n) is 10.5. The molecule has 0 bridgehead atoms. The smallest absolute Gasteiger partial charge is 0.196 e. The highest BCUT2D eigenvalue weighted by atomic mass is 16.1. The van der Waals surface area contributed by atoms with E-state index in [4.69, 9.17) is 0 Å². The Hall–Kier alpha value is -4.93. The van der Waals surface area contributed by atoms with Crippen LogP contribution >= 0.6 is 0 Å². The molecule has 0 saturated heterocycles. The number of benzene rings is 4. The number of hydrogen-bond donors (Lipinski definition) is 0. The fourth-order valence-corrected chi connectivity index (χ4v) is 4.94. The minimum atomic E-state index is 0.00207. The van der Waals surface area contributed by atoms with Crippen LogP contribution in [0.2, 0.25) is 0 Å². The van der Waals surface area contributed by atoms with Crippen molar-refractivity contribution in [2.24, 2.45) is 0 Å². The lowest BCUT2D eigenvalue weighted by Crippen LogP contribution is -2.20. The van der Waals surface area contributed by atoms with Gasteiger partial charge in [-0.1, -0.05) is 72.8 Å². The Morgan fingerprint density at radius 3 is 1.67 bits per heavy atom. The van der Waals surface area contributed by atoms with Crippen molar-refractivity contribution in [3.05, 3.63) is 119 Å². The van der Waals surface area contributed by atoms with Gasteiger partial charge in [-0.3, -0.25) is 4.79 Å². The van der Waals surface area contributed by atoms with Crippen molar-refractivity contribution in [2.75, 3.05) is 4.90 Å². The third-order valence-corrected chi connectivity index (χ3v) is 6.27. The van der Waals surface area contributed by atoms with E-state index in [1.807, 2.05) is 91.0 Å². The van der Waals surface area contributed by atoms with Crippen LogP contribution in [0.15, 0.2) is 96.6 Å². The van der Waals surface area contributed by atoms with E-state index in [9.17, 15) is 15.3 Å². The normalized spacial score (nSPS) is 12.7. The van der Waals surface area contributed by atoms with Gasteiger partial charge in [0.1, 0.15) is 17.7 Å². The molecule has 0 amide bonds. The van der Waals surface area contributed by atoms with E-state index in [-0.39, 0.29) is 11.4 Å². The molecule has 0 fully saturated rings. The number of allylic oxidation sites excluding steroid dienone is 1. The Balaban J connectivity index is 1.69. The first-order chi connectivity index (χ1) is 16.2. The van der Waals surface area contributed by atoms with Crippen LogP contribution in [0, 0.1) is 22.7 Å². The number of anilines is 3. The number of carbonyl (C=O) groups excluding carboxylic acids is 1. The molecule has 2 aliphatic rings. The summed E-state index contributed by atoms with van der Waals surface area (Å²) in [7, 11) is 0. The maximum absolute atomic E-state index is 13.5. The van der Waals surface area contributed by atoms with Crippen LogP contribution in [0.1, 0.15) is 27.0 Å². The van der Waals surface area contributed by atoms with Crippen molar-refractivity contribution in [3.63, 3.8) is 0 Å². The largest absolute Gasteiger partial charge is 0.308 e. The summed E-state index contributed by atoms with van der Waals surface area (Å²) >= 11 is 0. The van der Waals surface area contributed by atoms with Gasteiger partial charge in [0.15, 0.2) is 5.78 Å². The van der Waals surface area contributed by atoms with E-state index >= 15 is 0 Å². The summed E-state index contributed by atoms with van der Waals surface area (Å²) in [6, 6.07) is 33.1. The lowest BCUT2D eigenvalue weighted by Gasteiger charge is -2.35. The maximum Gasteiger partial charge on any atom is 0.196 e. The first kappa shape index (κ1) is 18.8. The average molecular weight is 421 g/mol. The second-order valence-corrected chi connectivity index (χ2v) is 7.92. The van der Waals surface area contributed by atoms with Crippen molar-refractivity contribution in [1.82, 2.24) is 0 Å². The van der Waals surface area contributed by atoms with E-state index < -0.39 is 0 Å². The zero-order valence-electron chi connectivity index (χ0n) is 17.4. The molecule has 4 aromatic carbocycles. The number of para-hydroxylation sites is 2. The zero-order chi connectivity index (χ0) is 22.5. The van der Waals surface area contributed by atoms with E-state index in [2.05, 4.69) is 17.0 Å². The van der Waals surface area contributed by atoms with Crippen molar-refractivity contribution in [1.29, 1.82) is 10.5 Å². The maximum atomic E-state index is 13.5. The van der Waals surface area contributed by atoms with E-state index in [0.29, 0.717) is 16.7 Å². The van der Waals surface area contributed by atoms with Gasteiger partial charge in [0.2, 0.25) is 0 Å². The van der Waals surface area contributed by atoms with Crippen LogP contribution in [0.3, 0.4) is 0 Å². The molecule has 33 heavy (non-hydrogen) atoms. The quantitative estimate of drug-likeness (QED) is 0.283. The lowest BCUT2D eigenvalue weighted by atomic mass is 9.86. The highest BCUT2D eigenvalue weighted by Crippen LogP contribution is 2.52. The molecular formula is C29H15N3O. The Morgan fingerprint density at radius 1 is 0.576 bits per heavy atom. The van der Waals surface area contributed by atoms with Gasteiger partial charge in [-0.15, -0.1) is 0 Å². The van der Waals surface area contributed by atoms with Gasteiger partial charge in [0.05, 0.1) is 22.6 Å². The van der Waals surface area contributed by atoms with E-state index in [1.54, 1.807) is 0 Å². The summed E-state index contributed by atoms with van der Waals surface area (Å²) in [5, 5.41) is 19.4. The van der Waals surface area contributed by atoms with E-state index in [0.717, 1.165) is 39.3 Å². The van der Waals surface area contributed by atoms with Crippen LogP contribution in [0.4, 0.5) is 17.1 Å². The molecule has 0 atom stereocenters. The molecule has 0 aromatic heterocycles. The summed E-state index contributed by atoms with van der Waals surface area (Å²) in [4.78, 5) is 15.6. The number of nitrogens with zero attached hydrogens (tertiary/aromatic N) is 3. The third-order valence-electron chi connectivity index (χ3n) is 6.27. The molecule has 0 saturated carbocycles. The van der Waals surface area contributed by atoms with Gasteiger partial charge in [-0.25, -0.2) is 0 Å². The van der Waals surface area contributed by atoms with Gasteiger partial charge in [-0.2, -0.15) is 10.5 Å². The first-order valence-corrected chi connectivity index (χ1v) is 10.5. The summed E-state index contributed by atoms with van der Waals surface area (Å²) in [6.07, 6.45) is 0. The molecule has 1 aliphatic carbocycles. The molecular weight excluding hydrogens is 406 g/mol. The van der Waals surface area contributed by atoms with Gasteiger partial charge in [0, 0.05) is 22.3 Å². The third kappa shape index (κ3) is 2.53. The highest BCUT2D eigenvalue weighted by molar-refractivity contribution is 6.25. The molecule has 0 N–H and O–H groups in total. The lowest BCUT2D eigenvalue weighted by molar-refractivity contribution is 0.104. The predicted octanol–water partition coefficient (Wildman–Crippen LogP) is 6.53. The summed E-state index contributed by atoms with van der Waals surface area (Å²) in [5.74, 6) is 0.00207. The minimum absolute atomic E-state index is 0.00207. The van der Waals surface area contributed by atoms with Crippen molar-refractivity contribution < 1.29 is 4.79 Å². The summed E-state index contributed by atoms with van der Waals surface area (Å²) in [6.45, 7) is 0. The van der Waals surface area contributed by atoms with Crippen LogP contribution in [-0.2, 0) is 0 Å². The van der Waals surface area contributed by atoms with Crippen molar-refractivity contribution in [2.45, 2.75) is 0 Å². The SMILES string of the molecule is N#CC(C#N)=C1c2ccccc2N(c2cccc3c2C(=O)c2ccccc2-3)c2ccccc21. The Bertz CT molecular complexity index is 1550. The second-order valence-electron chi connectivity index (χ2n) is 7.92. The second kappa shape index (κ2) is 7.05. The zero-order valence-corrected chi connectivity index (χ0v) is 17.4. The molecule has 1 heterocycles. The molecule has 4 heteroatoms. The van der Waals surface area contributed by atoms with Gasteiger partial charge < -0.3 is 4.90 Å². The standard InChI is InChI=1S/C29H15N3O/c30-16-18(17-31)27-22-10-3-5-13-24(22)32(25-14-6-4-11-23(25)27)26-15-7-12-20-19-8-1-2-9-21(19)29(33)28(20)26/h1-15H. The van der Waals surface area contributed by atoms with Crippen LogP contribution in [-0.4, -0.2) is 5.78 Å².